The van der Waals surface area contributed by atoms with Crippen molar-refractivity contribution in [2.75, 3.05) is 6.54 Å². The predicted molar refractivity (Wildman–Crippen MR) is 76.0 cm³/mol. The van der Waals surface area contributed by atoms with Gasteiger partial charge < -0.3 is 5.32 Å². The number of nitriles is 1. The summed E-state index contributed by atoms with van der Waals surface area (Å²) in [5.41, 5.74) is 2.05. The molecule has 0 saturated heterocycles. The van der Waals surface area contributed by atoms with Gasteiger partial charge in [-0.1, -0.05) is 30.3 Å². The zero-order chi connectivity index (χ0) is 14.2. The molecule has 0 aliphatic carbocycles. The number of benzene rings is 1. The van der Waals surface area contributed by atoms with E-state index in [1.807, 2.05) is 24.3 Å². The molecule has 0 aliphatic heterocycles. The Labute approximate surface area is 118 Å². The first kappa shape index (κ1) is 13.8. The molecule has 0 fully saturated rings. The Hall–Kier alpha value is -2.67. The van der Waals surface area contributed by atoms with E-state index in [0.29, 0.717) is 17.8 Å². The second-order valence-electron chi connectivity index (χ2n) is 4.39. The van der Waals surface area contributed by atoms with Crippen molar-refractivity contribution in [1.29, 1.82) is 5.26 Å². The number of hydrogen-bond acceptors (Lipinski definition) is 3. The molecule has 1 amide bonds. The van der Waals surface area contributed by atoms with Crippen LogP contribution < -0.4 is 5.32 Å². The Morgan fingerprint density at radius 2 is 2.00 bits per heavy atom. The first-order chi connectivity index (χ1) is 9.79. The lowest BCUT2D eigenvalue weighted by molar-refractivity contribution is 0.0948. The fourth-order valence-electron chi connectivity index (χ4n) is 1.82. The maximum Gasteiger partial charge on any atom is 0.269 e. The number of nitrogens with one attached hydrogen (secondary N) is 1. The number of carbonyl (C=O) groups is 1. The molecule has 4 heteroatoms. The van der Waals surface area contributed by atoms with Gasteiger partial charge in [0.2, 0.25) is 0 Å². The smallest absolute Gasteiger partial charge is 0.269 e. The van der Waals surface area contributed by atoms with Gasteiger partial charge in [-0.3, -0.25) is 4.79 Å². The van der Waals surface area contributed by atoms with Crippen molar-refractivity contribution in [2.45, 2.75) is 12.8 Å². The van der Waals surface area contributed by atoms with E-state index in [4.69, 9.17) is 5.26 Å². The quantitative estimate of drug-likeness (QED) is 0.844. The van der Waals surface area contributed by atoms with Crippen LogP contribution in [0.4, 0.5) is 0 Å². The highest BCUT2D eigenvalue weighted by Gasteiger charge is 2.05. The third-order valence-corrected chi connectivity index (χ3v) is 2.90. The van der Waals surface area contributed by atoms with Gasteiger partial charge in [0.1, 0.15) is 11.8 Å². The summed E-state index contributed by atoms with van der Waals surface area (Å²) in [5.74, 6) is -0.206. The van der Waals surface area contributed by atoms with E-state index in [-0.39, 0.29) is 5.91 Å². The molecule has 1 aromatic carbocycles. The van der Waals surface area contributed by atoms with Gasteiger partial charge in [0, 0.05) is 12.7 Å². The third-order valence-electron chi connectivity index (χ3n) is 2.90. The van der Waals surface area contributed by atoms with Crippen molar-refractivity contribution < 1.29 is 4.79 Å². The molecule has 2 rings (SSSR count). The third kappa shape index (κ3) is 3.92. The minimum absolute atomic E-state index is 0.206. The lowest BCUT2D eigenvalue weighted by atomic mass is 10.1. The van der Waals surface area contributed by atoms with Crippen LogP contribution in [0.1, 0.15) is 28.0 Å². The number of nitrogens with zero attached hydrogens (tertiary/aromatic N) is 2. The monoisotopic (exact) mass is 265 g/mol. The number of pyridine rings is 1. The number of aryl methyl sites for hydroxylation is 1. The van der Waals surface area contributed by atoms with Crippen LogP contribution in [-0.4, -0.2) is 17.4 Å². The average molecular weight is 265 g/mol. The summed E-state index contributed by atoms with van der Waals surface area (Å²) >= 11 is 0. The number of aromatic nitrogens is 1. The second-order valence-corrected chi connectivity index (χ2v) is 4.39. The van der Waals surface area contributed by atoms with Crippen LogP contribution in [0.5, 0.6) is 0 Å². The summed E-state index contributed by atoms with van der Waals surface area (Å²) in [6, 6.07) is 15.3. The van der Waals surface area contributed by atoms with E-state index < -0.39 is 0 Å². The normalized spacial score (nSPS) is 9.75. The highest BCUT2D eigenvalue weighted by molar-refractivity contribution is 5.92. The largest absolute Gasteiger partial charge is 0.351 e. The van der Waals surface area contributed by atoms with Crippen LogP contribution in [0, 0.1) is 11.3 Å². The van der Waals surface area contributed by atoms with E-state index in [9.17, 15) is 4.79 Å². The number of amides is 1. The van der Waals surface area contributed by atoms with E-state index in [1.165, 1.54) is 11.8 Å². The second kappa shape index (κ2) is 7.05. The van der Waals surface area contributed by atoms with Gasteiger partial charge in [-0.15, -0.1) is 0 Å². The zero-order valence-corrected chi connectivity index (χ0v) is 11.0. The van der Waals surface area contributed by atoms with Crippen molar-refractivity contribution in [3.05, 3.63) is 65.5 Å². The highest BCUT2D eigenvalue weighted by atomic mass is 16.1. The molecule has 0 aliphatic rings. The maximum absolute atomic E-state index is 11.8. The molecule has 2 aromatic rings. The van der Waals surface area contributed by atoms with E-state index in [1.54, 1.807) is 12.1 Å². The SMILES string of the molecule is N#Cc1ccc(C(=O)NCCCc2ccccc2)nc1. The minimum Gasteiger partial charge on any atom is -0.351 e. The van der Waals surface area contributed by atoms with Crippen LogP contribution in [-0.2, 0) is 6.42 Å². The molecule has 0 bridgehead atoms. The van der Waals surface area contributed by atoms with Crippen LogP contribution in [0.25, 0.3) is 0 Å². The Bertz CT molecular complexity index is 600. The molecule has 0 unspecified atom stereocenters. The molecule has 1 aromatic heterocycles. The molecule has 1 N–H and O–H groups in total. The molecular formula is C16H15N3O. The van der Waals surface area contributed by atoms with Gasteiger partial charge >= 0.3 is 0 Å². The highest BCUT2D eigenvalue weighted by Crippen LogP contribution is 2.02. The Morgan fingerprint density at radius 1 is 1.20 bits per heavy atom. The van der Waals surface area contributed by atoms with Crippen LogP contribution in [0.3, 0.4) is 0 Å². The van der Waals surface area contributed by atoms with Crippen molar-refractivity contribution in [2.24, 2.45) is 0 Å². The van der Waals surface area contributed by atoms with Crippen LogP contribution >= 0.6 is 0 Å². The van der Waals surface area contributed by atoms with Crippen LogP contribution in [0.2, 0.25) is 0 Å². The van der Waals surface area contributed by atoms with Gasteiger partial charge in [-0.25, -0.2) is 4.98 Å². The Balaban J connectivity index is 1.76. The summed E-state index contributed by atoms with van der Waals surface area (Å²) in [4.78, 5) is 15.8. The minimum atomic E-state index is -0.206. The Kier molecular flexibility index (Phi) is 4.85. The fourth-order valence-corrected chi connectivity index (χ4v) is 1.82. The number of hydrogen-bond donors (Lipinski definition) is 1. The zero-order valence-electron chi connectivity index (χ0n) is 11.0. The van der Waals surface area contributed by atoms with Crippen molar-refractivity contribution in [3.63, 3.8) is 0 Å². The lowest BCUT2D eigenvalue weighted by Crippen LogP contribution is -2.25. The summed E-state index contributed by atoms with van der Waals surface area (Å²) in [7, 11) is 0. The summed E-state index contributed by atoms with van der Waals surface area (Å²) in [5, 5.41) is 11.5. The molecule has 0 spiro atoms. The van der Waals surface area contributed by atoms with Crippen molar-refractivity contribution in [1.82, 2.24) is 10.3 Å². The predicted octanol–water partition coefficient (Wildman–Crippen LogP) is 2.32. The molecule has 4 nitrogen and oxygen atoms in total. The topological polar surface area (TPSA) is 65.8 Å². The maximum atomic E-state index is 11.8. The van der Waals surface area contributed by atoms with Gasteiger partial charge in [-0.05, 0) is 30.5 Å². The molecule has 0 atom stereocenters. The molecule has 0 radical (unpaired) electrons. The molecule has 0 saturated carbocycles. The van der Waals surface area contributed by atoms with E-state index in [2.05, 4.69) is 22.4 Å². The van der Waals surface area contributed by atoms with Gasteiger partial charge in [0.25, 0.3) is 5.91 Å². The van der Waals surface area contributed by atoms with Crippen molar-refractivity contribution >= 4 is 5.91 Å². The van der Waals surface area contributed by atoms with E-state index in [0.717, 1.165) is 12.8 Å². The van der Waals surface area contributed by atoms with Gasteiger partial charge in [0.05, 0.1) is 5.56 Å². The summed E-state index contributed by atoms with van der Waals surface area (Å²) in [6.07, 6.45) is 3.22. The molecule has 100 valence electrons. The number of rotatable bonds is 5. The van der Waals surface area contributed by atoms with Gasteiger partial charge in [-0.2, -0.15) is 5.26 Å². The molecular weight excluding hydrogens is 250 g/mol. The average Bonchev–Trinajstić information content (AvgIpc) is 2.52. The standard InChI is InChI=1S/C16H15N3O/c17-11-14-8-9-15(19-12-14)16(20)18-10-4-7-13-5-2-1-3-6-13/h1-3,5-6,8-9,12H,4,7,10H2,(H,18,20). The molecule has 20 heavy (non-hydrogen) atoms. The fraction of sp³-hybridized carbons (Fsp3) is 0.188. The first-order valence-electron chi connectivity index (χ1n) is 6.48. The summed E-state index contributed by atoms with van der Waals surface area (Å²) < 4.78 is 0. The number of carbonyl (C=O) groups excluding carboxylic acids is 1. The van der Waals surface area contributed by atoms with Crippen LogP contribution in [0.15, 0.2) is 48.7 Å². The van der Waals surface area contributed by atoms with Crippen molar-refractivity contribution in [3.8, 4) is 6.07 Å². The lowest BCUT2D eigenvalue weighted by Gasteiger charge is -2.05. The first-order valence-corrected chi connectivity index (χ1v) is 6.48. The summed E-state index contributed by atoms with van der Waals surface area (Å²) in [6.45, 7) is 0.607. The van der Waals surface area contributed by atoms with Gasteiger partial charge in [0.15, 0.2) is 0 Å². The Morgan fingerprint density at radius 3 is 2.65 bits per heavy atom. The van der Waals surface area contributed by atoms with E-state index >= 15 is 0 Å². The molecule has 1 heterocycles.